The van der Waals surface area contributed by atoms with E-state index in [-0.39, 0.29) is 21.7 Å². The van der Waals surface area contributed by atoms with Crippen molar-refractivity contribution in [3.63, 3.8) is 0 Å². The third-order valence-corrected chi connectivity index (χ3v) is 8.97. The fourth-order valence-electron chi connectivity index (χ4n) is 5.80. The Hall–Kier alpha value is -0.660. The summed E-state index contributed by atoms with van der Waals surface area (Å²) in [5.41, 5.74) is 0.615. The SMILES string of the molecule is CC.CC.CC.CC12CCC(CC1=O)C2(C)C.CC12CCC(CC1=O)C2(C)C. The highest BCUT2D eigenvalue weighted by Gasteiger charge is 2.62. The number of hydrogen-bond donors (Lipinski definition) is 0. The van der Waals surface area contributed by atoms with Gasteiger partial charge in [0.1, 0.15) is 11.6 Å². The second-order valence-electron chi connectivity index (χ2n) is 9.83. The molecular weight excluding hydrogens is 344 g/mol. The Morgan fingerprint density at radius 2 is 0.821 bits per heavy atom. The summed E-state index contributed by atoms with van der Waals surface area (Å²) >= 11 is 0. The quantitative estimate of drug-likeness (QED) is 0.418. The Kier molecular flexibility index (Phi) is 9.66. The van der Waals surface area contributed by atoms with Gasteiger partial charge in [-0.3, -0.25) is 9.59 Å². The molecule has 0 spiro atoms. The van der Waals surface area contributed by atoms with Crippen LogP contribution in [0.25, 0.3) is 0 Å². The van der Waals surface area contributed by atoms with Gasteiger partial charge in [0.05, 0.1) is 0 Å². The van der Waals surface area contributed by atoms with E-state index in [9.17, 15) is 9.59 Å². The van der Waals surface area contributed by atoms with Crippen LogP contribution in [0.1, 0.15) is 122 Å². The number of rotatable bonds is 0. The molecule has 0 aliphatic heterocycles. The van der Waals surface area contributed by atoms with Crippen molar-refractivity contribution in [3.05, 3.63) is 0 Å². The molecule has 0 amide bonds. The summed E-state index contributed by atoms with van der Waals surface area (Å²) in [4.78, 5) is 23.1. The molecular formula is C26H50O2. The lowest BCUT2D eigenvalue weighted by Gasteiger charge is -2.32. The van der Waals surface area contributed by atoms with Crippen molar-refractivity contribution in [1.29, 1.82) is 0 Å². The van der Waals surface area contributed by atoms with E-state index >= 15 is 0 Å². The number of hydrogen-bond acceptors (Lipinski definition) is 2. The maximum Gasteiger partial charge on any atom is 0.139 e. The second-order valence-corrected chi connectivity index (χ2v) is 9.83. The first-order valence-corrected chi connectivity index (χ1v) is 12.0. The molecule has 0 aromatic carbocycles. The lowest BCUT2D eigenvalue weighted by molar-refractivity contribution is -0.129. The Morgan fingerprint density at radius 3 is 0.893 bits per heavy atom. The summed E-state index contributed by atoms with van der Waals surface area (Å²) in [6.07, 6.45) is 6.50. The normalized spacial score (nSPS) is 37.4. The summed E-state index contributed by atoms with van der Waals surface area (Å²) in [5.74, 6) is 2.39. The standard InChI is InChI=1S/2C10H16O.3C2H6/c2*1-9(2)7-4-5-10(9,3)8(11)6-7;3*1-2/h2*7H,4-6H2,1-3H3;3*1-2H3. The summed E-state index contributed by atoms with van der Waals surface area (Å²) < 4.78 is 0. The zero-order chi connectivity index (χ0) is 22.6. The van der Waals surface area contributed by atoms with E-state index in [0.29, 0.717) is 23.4 Å². The van der Waals surface area contributed by atoms with Crippen molar-refractivity contribution in [2.24, 2.45) is 33.5 Å². The molecule has 0 N–H and O–H groups in total. The molecule has 4 aliphatic carbocycles. The fraction of sp³-hybridized carbons (Fsp3) is 0.923. The van der Waals surface area contributed by atoms with Gasteiger partial charge in [-0.2, -0.15) is 0 Å². The van der Waals surface area contributed by atoms with Crippen LogP contribution in [0.2, 0.25) is 0 Å². The average Bonchev–Trinajstić information content (AvgIpc) is 3.19. The minimum absolute atomic E-state index is 0.0255. The van der Waals surface area contributed by atoms with Crippen molar-refractivity contribution in [1.82, 2.24) is 0 Å². The minimum atomic E-state index is 0.0255. The molecule has 4 aliphatic rings. The molecule has 4 fully saturated rings. The lowest BCUT2D eigenvalue weighted by atomic mass is 9.70. The third-order valence-electron chi connectivity index (χ3n) is 8.97. The number of carbonyl (C=O) groups is 2. The van der Waals surface area contributed by atoms with Crippen LogP contribution in [-0.2, 0) is 9.59 Å². The van der Waals surface area contributed by atoms with Crippen LogP contribution in [0.5, 0.6) is 0 Å². The molecule has 0 saturated heterocycles. The van der Waals surface area contributed by atoms with Gasteiger partial charge in [0.25, 0.3) is 0 Å². The van der Waals surface area contributed by atoms with Crippen molar-refractivity contribution in [2.75, 3.05) is 0 Å². The molecule has 166 valence electrons. The number of ketones is 2. The van der Waals surface area contributed by atoms with Crippen LogP contribution in [0.15, 0.2) is 0 Å². The highest BCUT2D eigenvalue weighted by Crippen LogP contribution is 2.64. The smallest absolute Gasteiger partial charge is 0.139 e. The van der Waals surface area contributed by atoms with E-state index in [1.54, 1.807) is 0 Å². The molecule has 4 bridgehead atoms. The van der Waals surface area contributed by atoms with Gasteiger partial charge in [0.2, 0.25) is 0 Å². The molecule has 4 rings (SSSR count). The van der Waals surface area contributed by atoms with Crippen LogP contribution in [-0.4, -0.2) is 11.6 Å². The Balaban J connectivity index is 0.000000412. The number of Topliss-reactive ketones (excluding diaryl/α,β-unsaturated/α-hetero) is 2. The number of fused-ring (bicyclic) bond motifs is 4. The first-order chi connectivity index (χ1) is 13.0. The van der Waals surface area contributed by atoms with Gasteiger partial charge < -0.3 is 0 Å². The summed E-state index contributed by atoms with van der Waals surface area (Å²) in [5, 5.41) is 0. The van der Waals surface area contributed by atoms with E-state index in [4.69, 9.17) is 0 Å². The van der Waals surface area contributed by atoms with E-state index in [1.807, 2.05) is 41.5 Å². The highest BCUT2D eigenvalue weighted by molar-refractivity contribution is 5.89. The van der Waals surface area contributed by atoms with E-state index in [0.717, 1.165) is 25.7 Å². The van der Waals surface area contributed by atoms with Gasteiger partial charge in [-0.05, 0) is 48.3 Å². The zero-order valence-electron chi connectivity index (χ0n) is 21.2. The van der Waals surface area contributed by atoms with E-state index < -0.39 is 0 Å². The largest absolute Gasteiger partial charge is 0.299 e. The predicted molar refractivity (Wildman–Crippen MR) is 123 cm³/mol. The first-order valence-electron chi connectivity index (χ1n) is 12.0. The van der Waals surface area contributed by atoms with Gasteiger partial charge in [-0.1, -0.05) is 83.1 Å². The van der Waals surface area contributed by atoms with Gasteiger partial charge in [-0.15, -0.1) is 0 Å². The molecule has 0 radical (unpaired) electrons. The first kappa shape index (κ1) is 27.3. The Morgan fingerprint density at radius 1 is 0.571 bits per heavy atom. The molecule has 4 unspecified atom stereocenters. The summed E-state index contributed by atoms with van der Waals surface area (Å²) in [6.45, 7) is 25.3. The molecule has 0 aromatic rings. The maximum absolute atomic E-state index is 11.6. The second kappa shape index (κ2) is 9.90. The highest BCUT2D eigenvalue weighted by atomic mass is 16.1. The Bertz CT molecular complexity index is 483. The van der Waals surface area contributed by atoms with Crippen molar-refractivity contribution in [2.45, 2.75) is 122 Å². The van der Waals surface area contributed by atoms with Gasteiger partial charge >= 0.3 is 0 Å². The van der Waals surface area contributed by atoms with E-state index in [2.05, 4.69) is 41.5 Å². The molecule has 4 saturated carbocycles. The van der Waals surface area contributed by atoms with Gasteiger partial charge in [0, 0.05) is 23.7 Å². The van der Waals surface area contributed by atoms with Crippen molar-refractivity contribution < 1.29 is 9.59 Å². The molecule has 28 heavy (non-hydrogen) atoms. The van der Waals surface area contributed by atoms with Crippen LogP contribution in [0.4, 0.5) is 0 Å². The molecule has 4 atom stereocenters. The van der Waals surface area contributed by atoms with Crippen molar-refractivity contribution >= 4 is 11.6 Å². The summed E-state index contributed by atoms with van der Waals surface area (Å²) in [7, 11) is 0. The predicted octanol–water partition coefficient (Wildman–Crippen LogP) is 7.88. The third kappa shape index (κ3) is 3.99. The molecule has 2 nitrogen and oxygen atoms in total. The summed E-state index contributed by atoms with van der Waals surface area (Å²) in [6, 6.07) is 0. The van der Waals surface area contributed by atoms with Crippen LogP contribution >= 0.6 is 0 Å². The van der Waals surface area contributed by atoms with Gasteiger partial charge in [0.15, 0.2) is 0 Å². The average molecular weight is 395 g/mol. The molecule has 0 heterocycles. The fourth-order valence-corrected chi connectivity index (χ4v) is 5.80. The monoisotopic (exact) mass is 394 g/mol. The molecule has 2 heteroatoms. The van der Waals surface area contributed by atoms with Crippen LogP contribution < -0.4 is 0 Å². The topological polar surface area (TPSA) is 34.1 Å². The van der Waals surface area contributed by atoms with Crippen LogP contribution in [0.3, 0.4) is 0 Å². The lowest BCUT2D eigenvalue weighted by Crippen LogP contribution is -2.32. The minimum Gasteiger partial charge on any atom is -0.299 e. The number of carbonyl (C=O) groups excluding carboxylic acids is 2. The Labute approximate surface area is 176 Å². The van der Waals surface area contributed by atoms with Crippen molar-refractivity contribution in [3.8, 4) is 0 Å². The maximum atomic E-state index is 11.6. The van der Waals surface area contributed by atoms with Gasteiger partial charge in [-0.25, -0.2) is 0 Å². The van der Waals surface area contributed by atoms with Crippen LogP contribution in [0, 0.1) is 33.5 Å². The zero-order valence-corrected chi connectivity index (χ0v) is 21.2. The van der Waals surface area contributed by atoms with E-state index in [1.165, 1.54) is 12.8 Å². The molecule has 0 aromatic heterocycles.